The molecule has 2 rings (SSSR count). The first-order chi connectivity index (χ1) is 6.83. The molecule has 1 unspecified atom stereocenters. The molecule has 0 amide bonds. The summed E-state index contributed by atoms with van der Waals surface area (Å²) in [5, 5.41) is 7.24. The van der Waals surface area contributed by atoms with E-state index < -0.39 is 5.97 Å². The Kier molecular flexibility index (Phi) is 2.45. The normalized spacial score (nSPS) is 21.1. The van der Waals surface area contributed by atoms with Crippen molar-refractivity contribution in [2.24, 2.45) is 0 Å². The molecule has 1 saturated heterocycles. The van der Waals surface area contributed by atoms with Crippen molar-refractivity contribution in [3.05, 3.63) is 12.2 Å². The van der Waals surface area contributed by atoms with Crippen molar-refractivity contribution < 1.29 is 9.53 Å². The number of hydrogen-bond donors (Lipinski definition) is 1. The van der Waals surface area contributed by atoms with Crippen LogP contribution in [0.1, 0.15) is 23.1 Å². The minimum Gasteiger partial charge on any atom is -0.463 e. The number of nitrogens with one attached hydrogen (secondary N) is 1. The molecule has 1 aromatic rings. The van der Waals surface area contributed by atoms with Crippen LogP contribution in [0.4, 0.5) is 0 Å². The Balaban J connectivity index is 2.24. The third-order valence-corrected chi connectivity index (χ3v) is 2.32. The first-order valence-corrected chi connectivity index (χ1v) is 4.51. The van der Waals surface area contributed by atoms with Crippen molar-refractivity contribution in [1.82, 2.24) is 20.1 Å². The molecule has 0 spiro atoms. The lowest BCUT2D eigenvalue weighted by Crippen LogP contribution is -2.20. The van der Waals surface area contributed by atoms with E-state index in [1.165, 1.54) is 13.4 Å². The van der Waals surface area contributed by atoms with Crippen LogP contribution in [0.3, 0.4) is 0 Å². The van der Waals surface area contributed by atoms with Gasteiger partial charge < -0.3 is 10.1 Å². The van der Waals surface area contributed by atoms with Gasteiger partial charge in [-0.25, -0.2) is 14.5 Å². The lowest BCUT2D eigenvalue weighted by molar-refractivity contribution is 0.0576. The molecule has 0 saturated carbocycles. The molecule has 1 atom stereocenters. The molecular weight excluding hydrogens is 184 g/mol. The predicted octanol–water partition coefficient (Wildman–Crippen LogP) is -0.401. The third kappa shape index (κ3) is 1.48. The summed E-state index contributed by atoms with van der Waals surface area (Å²) in [6.07, 6.45) is 2.35. The standard InChI is InChI=1S/C8H12N4O2/c1-14-8(13)7-10-5-11-12(7)6-2-3-9-4-6/h5-6,9H,2-4H2,1H3. The van der Waals surface area contributed by atoms with E-state index in [-0.39, 0.29) is 11.9 Å². The highest BCUT2D eigenvalue weighted by Gasteiger charge is 2.23. The maximum Gasteiger partial charge on any atom is 0.375 e. The second kappa shape index (κ2) is 3.75. The van der Waals surface area contributed by atoms with Crippen LogP contribution in [0.2, 0.25) is 0 Å². The van der Waals surface area contributed by atoms with E-state index in [4.69, 9.17) is 0 Å². The molecule has 6 heteroatoms. The first kappa shape index (κ1) is 9.14. The number of hydrogen-bond acceptors (Lipinski definition) is 5. The van der Waals surface area contributed by atoms with Crippen molar-refractivity contribution in [3.8, 4) is 0 Å². The van der Waals surface area contributed by atoms with Crippen LogP contribution in [0, 0.1) is 0 Å². The van der Waals surface area contributed by atoms with Gasteiger partial charge in [0.2, 0.25) is 5.82 Å². The Morgan fingerprint density at radius 3 is 3.29 bits per heavy atom. The number of carbonyl (C=O) groups excluding carboxylic acids is 1. The van der Waals surface area contributed by atoms with E-state index >= 15 is 0 Å². The number of nitrogens with zero attached hydrogens (tertiary/aromatic N) is 3. The zero-order valence-electron chi connectivity index (χ0n) is 7.93. The summed E-state index contributed by atoms with van der Waals surface area (Å²) in [6.45, 7) is 1.78. The average Bonchev–Trinajstić information content (AvgIpc) is 2.85. The number of ether oxygens (including phenoxy) is 1. The Hall–Kier alpha value is -1.43. The number of aromatic nitrogens is 3. The summed E-state index contributed by atoms with van der Waals surface area (Å²) in [5.41, 5.74) is 0. The summed E-state index contributed by atoms with van der Waals surface area (Å²) < 4.78 is 6.24. The molecule has 1 N–H and O–H groups in total. The number of rotatable bonds is 2. The minimum absolute atomic E-state index is 0.214. The summed E-state index contributed by atoms with van der Waals surface area (Å²) >= 11 is 0. The fourth-order valence-corrected chi connectivity index (χ4v) is 1.60. The van der Waals surface area contributed by atoms with E-state index in [1.807, 2.05) is 0 Å². The third-order valence-electron chi connectivity index (χ3n) is 2.32. The highest BCUT2D eigenvalue weighted by molar-refractivity contribution is 5.85. The molecular formula is C8H12N4O2. The molecule has 0 aliphatic carbocycles. The van der Waals surface area contributed by atoms with E-state index in [0.717, 1.165) is 19.5 Å². The van der Waals surface area contributed by atoms with Crippen LogP contribution in [0.5, 0.6) is 0 Å². The van der Waals surface area contributed by atoms with E-state index in [9.17, 15) is 4.79 Å². The molecule has 6 nitrogen and oxygen atoms in total. The fraction of sp³-hybridized carbons (Fsp3) is 0.625. The van der Waals surface area contributed by atoms with Gasteiger partial charge in [0.25, 0.3) is 0 Å². The van der Waals surface area contributed by atoms with Crippen molar-refractivity contribution in [1.29, 1.82) is 0 Å². The number of carbonyl (C=O) groups is 1. The number of methoxy groups -OCH3 is 1. The van der Waals surface area contributed by atoms with Gasteiger partial charge in [-0.1, -0.05) is 0 Å². The molecule has 2 heterocycles. The summed E-state index contributed by atoms with van der Waals surface area (Å²) in [7, 11) is 1.34. The lowest BCUT2D eigenvalue weighted by Gasteiger charge is -2.10. The first-order valence-electron chi connectivity index (χ1n) is 4.51. The van der Waals surface area contributed by atoms with Crippen LogP contribution in [0.25, 0.3) is 0 Å². The molecule has 0 bridgehead atoms. The summed E-state index contributed by atoms with van der Waals surface area (Å²) in [5.74, 6) is -0.157. The van der Waals surface area contributed by atoms with Gasteiger partial charge in [-0.05, 0) is 13.0 Å². The second-order valence-electron chi connectivity index (χ2n) is 3.17. The molecule has 1 aliphatic heterocycles. The summed E-state index contributed by atoms with van der Waals surface area (Å²) in [4.78, 5) is 15.2. The van der Waals surface area contributed by atoms with Crippen LogP contribution in [-0.4, -0.2) is 40.9 Å². The van der Waals surface area contributed by atoms with Gasteiger partial charge >= 0.3 is 5.97 Å². The Bertz CT molecular complexity index is 330. The molecule has 1 aromatic heterocycles. The summed E-state index contributed by atoms with van der Waals surface area (Å²) in [6, 6.07) is 0.214. The van der Waals surface area contributed by atoms with Gasteiger partial charge in [-0.15, -0.1) is 0 Å². The van der Waals surface area contributed by atoms with E-state index in [1.54, 1.807) is 4.68 Å². The van der Waals surface area contributed by atoms with Crippen molar-refractivity contribution >= 4 is 5.97 Å². The zero-order valence-corrected chi connectivity index (χ0v) is 7.93. The maximum absolute atomic E-state index is 11.3. The van der Waals surface area contributed by atoms with Gasteiger partial charge in [0.1, 0.15) is 6.33 Å². The van der Waals surface area contributed by atoms with Crippen molar-refractivity contribution in [2.75, 3.05) is 20.2 Å². The lowest BCUT2D eigenvalue weighted by atomic mass is 10.3. The zero-order chi connectivity index (χ0) is 9.97. The highest BCUT2D eigenvalue weighted by Crippen LogP contribution is 2.15. The average molecular weight is 196 g/mol. The molecule has 76 valence electrons. The molecule has 1 fully saturated rings. The van der Waals surface area contributed by atoms with Crippen LogP contribution >= 0.6 is 0 Å². The monoisotopic (exact) mass is 196 g/mol. The number of esters is 1. The van der Waals surface area contributed by atoms with Gasteiger partial charge in [-0.3, -0.25) is 0 Å². The molecule has 0 aromatic carbocycles. The van der Waals surface area contributed by atoms with E-state index in [0.29, 0.717) is 0 Å². The Morgan fingerprint density at radius 1 is 1.79 bits per heavy atom. The molecule has 1 aliphatic rings. The second-order valence-corrected chi connectivity index (χ2v) is 3.17. The minimum atomic E-state index is -0.436. The predicted molar refractivity (Wildman–Crippen MR) is 47.9 cm³/mol. The van der Waals surface area contributed by atoms with Crippen molar-refractivity contribution in [3.63, 3.8) is 0 Å². The Morgan fingerprint density at radius 2 is 2.64 bits per heavy atom. The fourth-order valence-electron chi connectivity index (χ4n) is 1.60. The maximum atomic E-state index is 11.3. The van der Waals surface area contributed by atoms with Crippen LogP contribution in [-0.2, 0) is 4.74 Å². The van der Waals surface area contributed by atoms with Crippen molar-refractivity contribution in [2.45, 2.75) is 12.5 Å². The quantitative estimate of drug-likeness (QED) is 0.652. The van der Waals surface area contributed by atoms with E-state index in [2.05, 4.69) is 20.1 Å². The van der Waals surface area contributed by atoms with Gasteiger partial charge in [0.15, 0.2) is 0 Å². The van der Waals surface area contributed by atoms with Gasteiger partial charge in [0, 0.05) is 6.54 Å². The SMILES string of the molecule is COC(=O)c1ncnn1C1CCNC1. The topological polar surface area (TPSA) is 69.0 Å². The Labute approximate surface area is 81.3 Å². The van der Waals surface area contributed by atoms with Crippen LogP contribution < -0.4 is 5.32 Å². The molecule has 0 radical (unpaired) electrons. The largest absolute Gasteiger partial charge is 0.463 e. The van der Waals surface area contributed by atoms with Gasteiger partial charge in [0.05, 0.1) is 13.2 Å². The highest BCUT2D eigenvalue weighted by atomic mass is 16.5. The van der Waals surface area contributed by atoms with Gasteiger partial charge in [-0.2, -0.15) is 5.10 Å². The smallest absolute Gasteiger partial charge is 0.375 e. The van der Waals surface area contributed by atoms with Crippen LogP contribution in [0.15, 0.2) is 6.33 Å². The molecule has 14 heavy (non-hydrogen) atoms.